The predicted octanol–water partition coefficient (Wildman–Crippen LogP) is 1.24. The molecule has 0 radical (unpaired) electrons. The Morgan fingerprint density at radius 2 is 1.58 bits per heavy atom. The van der Waals surface area contributed by atoms with E-state index in [1.807, 2.05) is 0 Å². The molecule has 6 heteroatoms. The van der Waals surface area contributed by atoms with Crippen LogP contribution in [0, 0.1) is 0 Å². The van der Waals surface area contributed by atoms with Crippen molar-refractivity contribution in [2.75, 3.05) is 66.3 Å². The number of hydrogen-bond donors (Lipinski definition) is 0. The minimum absolute atomic E-state index is 0.199. The van der Waals surface area contributed by atoms with Crippen molar-refractivity contribution in [2.45, 2.75) is 51.5 Å². The molecular formula is C18H36N2O4. The average molecular weight is 344 g/mol. The molecule has 1 unspecified atom stereocenters. The summed E-state index contributed by atoms with van der Waals surface area (Å²) in [6, 6.07) is 1.09. The molecule has 0 bridgehead atoms. The second kappa shape index (κ2) is 10.7. The number of nitrogens with zero attached hydrogens (tertiary/aromatic N) is 2. The second-order valence-electron chi connectivity index (χ2n) is 7.24. The summed E-state index contributed by atoms with van der Waals surface area (Å²) in [5, 5.41) is 0. The lowest BCUT2D eigenvalue weighted by Gasteiger charge is -2.37. The molecule has 6 nitrogen and oxygen atoms in total. The van der Waals surface area contributed by atoms with Gasteiger partial charge in [-0.05, 0) is 27.2 Å². The minimum Gasteiger partial charge on any atom is -0.382 e. The largest absolute Gasteiger partial charge is 0.382 e. The summed E-state index contributed by atoms with van der Waals surface area (Å²) < 4.78 is 22.6. The van der Waals surface area contributed by atoms with Crippen molar-refractivity contribution < 1.29 is 18.9 Å². The fourth-order valence-corrected chi connectivity index (χ4v) is 3.39. The van der Waals surface area contributed by atoms with E-state index in [9.17, 15) is 0 Å². The normalized spacial score (nSPS) is 28.4. The number of morpholine rings is 2. The van der Waals surface area contributed by atoms with Crippen LogP contribution in [0.4, 0.5) is 0 Å². The van der Waals surface area contributed by atoms with Gasteiger partial charge in [0.15, 0.2) is 0 Å². The molecule has 0 aromatic carbocycles. The first-order valence-electron chi connectivity index (χ1n) is 9.38. The molecular weight excluding hydrogens is 308 g/mol. The molecule has 0 spiro atoms. The van der Waals surface area contributed by atoms with Crippen molar-refractivity contribution in [3.63, 3.8) is 0 Å². The van der Waals surface area contributed by atoms with Crippen molar-refractivity contribution in [3.05, 3.63) is 0 Å². The summed E-state index contributed by atoms with van der Waals surface area (Å²) in [5.41, 5.74) is 0. The predicted molar refractivity (Wildman–Crippen MR) is 94.5 cm³/mol. The quantitative estimate of drug-likeness (QED) is 0.586. The Bertz CT molecular complexity index is 341. The molecule has 0 amide bonds. The van der Waals surface area contributed by atoms with Crippen LogP contribution in [0.1, 0.15) is 27.2 Å². The lowest BCUT2D eigenvalue weighted by Crippen LogP contribution is -2.48. The highest BCUT2D eigenvalue weighted by molar-refractivity contribution is 4.76. The van der Waals surface area contributed by atoms with E-state index in [-0.39, 0.29) is 12.2 Å². The maximum Gasteiger partial charge on any atom is 0.0935 e. The number of ether oxygens (including phenoxy) is 4. The molecule has 0 aromatic heterocycles. The van der Waals surface area contributed by atoms with Crippen LogP contribution in [0.2, 0.25) is 0 Å². The van der Waals surface area contributed by atoms with Gasteiger partial charge in [0, 0.05) is 52.0 Å². The van der Waals surface area contributed by atoms with E-state index < -0.39 is 0 Å². The van der Waals surface area contributed by atoms with Gasteiger partial charge in [0.05, 0.1) is 38.6 Å². The summed E-state index contributed by atoms with van der Waals surface area (Å²) in [5.74, 6) is 0. The first-order chi connectivity index (χ1) is 11.6. The Morgan fingerprint density at radius 1 is 0.958 bits per heavy atom. The highest BCUT2D eigenvalue weighted by Crippen LogP contribution is 2.13. The van der Waals surface area contributed by atoms with Crippen LogP contribution >= 0.6 is 0 Å². The lowest BCUT2D eigenvalue weighted by molar-refractivity contribution is -0.0840. The minimum atomic E-state index is 0.199. The van der Waals surface area contributed by atoms with E-state index in [1.165, 1.54) is 0 Å². The number of rotatable bonds is 9. The van der Waals surface area contributed by atoms with Gasteiger partial charge in [-0.1, -0.05) is 0 Å². The zero-order valence-electron chi connectivity index (χ0n) is 15.9. The van der Waals surface area contributed by atoms with E-state index in [0.717, 1.165) is 52.4 Å². The number of methoxy groups -OCH3 is 1. The monoisotopic (exact) mass is 344 g/mol. The molecule has 2 heterocycles. The first kappa shape index (κ1) is 20.1. The third-order valence-electron chi connectivity index (χ3n) is 5.03. The molecule has 0 saturated carbocycles. The zero-order valence-corrected chi connectivity index (χ0v) is 15.9. The number of hydrogen-bond acceptors (Lipinski definition) is 6. The first-order valence-corrected chi connectivity index (χ1v) is 9.38. The van der Waals surface area contributed by atoms with E-state index in [2.05, 4.69) is 30.6 Å². The van der Waals surface area contributed by atoms with Gasteiger partial charge < -0.3 is 18.9 Å². The van der Waals surface area contributed by atoms with Crippen LogP contribution in [0.3, 0.4) is 0 Å². The van der Waals surface area contributed by atoms with Gasteiger partial charge in [-0.3, -0.25) is 9.80 Å². The lowest BCUT2D eigenvalue weighted by atomic mass is 10.1. The maximum atomic E-state index is 5.90. The standard InChI is InChI=1S/C18H36N2O4/c1-15(2)19-6-9-24-18(11-19)14-22-8-5-16(3)20-7-10-23-17(12-20)13-21-4/h15-18H,5-14H2,1-4H3/t16?,17-,18+/m0/s1. The summed E-state index contributed by atoms with van der Waals surface area (Å²) >= 11 is 0. The topological polar surface area (TPSA) is 43.4 Å². The van der Waals surface area contributed by atoms with Gasteiger partial charge in [0.1, 0.15) is 0 Å². The van der Waals surface area contributed by atoms with Crippen LogP contribution in [-0.2, 0) is 18.9 Å². The van der Waals surface area contributed by atoms with Gasteiger partial charge in [-0.15, -0.1) is 0 Å². The third-order valence-corrected chi connectivity index (χ3v) is 5.03. The molecule has 3 atom stereocenters. The SMILES string of the molecule is COC[C@@H]1CN(C(C)CCOC[C@H]2CN(C(C)C)CCO2)CCO1. The molecule has 0 aromatic rings. The summed E-state index contributed by atoms with van der Waals surface area (Å²) in [7, 11) is 1.73. The van der Waals surface area contributed by atoms with E-state index in [4.69, 9.17) is 18.9 Å². The molecule has 2 aliphatic rings. The van der Waals surface area contributed by atoms with E-state index >= 15 is 0 Å². The van der Waals surface area contributed by atoms with Crippen LogP contribution in [-0.4, -0.2) is 100 Å². The molecule has 2 fully saturated rings. The molecule has 2 rings (SSSR count). The Morgan fingerprint density at radius 3 is 2.25 bits per heavy atom. The summed E-state index contributed by atoms with van der Waals surface area (Å²) in [6.07, 6.45) is 1.45. The van der Waals surface area contributed by atoms with E-state index in [0.29, 0.717) is 25.3 Å². The molecule has 142 valence electrons. The third kappa shape index (κ3) is 6.58. The Kier molecular flexibility index (Phi) is 8.94. The Labute approximate surface area is 147 Å². The van der Waals surface area contributed by atoms with Crippen LogP contribution < -0.4 is 0 Å². The van der Waals surface area contributed by atoms with Crippen LogP contribution in [0.25, 0.3) is 0 Å². The second-order valence-corrected chi connectivity index (χ2v) is 7.24. The highest BCUT2D eigenvalue weighted by atomic mass is 16.5. The van der Waals surface area contributed by atoms with Gasteiger partial charge in [0.25, 0.3) is 0 Å². The molecule has 0 N–H and O–H groups in total. The van der Waals surface area contributed by atoms with Crippen molar-refractivity contribution >= 4 is 0 Å². The molecule has 24 heavy (non-hydrogen) atoms. The van der Waals surface area contributed by atoms with Crippen molar-refractivity contribution in [1.82, 2.24) is 9.80 Å². The van der Waals surface area contributed by atoms with Crippen LogP contribution in [0.5, 0.6) is 0 Å². The molecule has 2 aliphatic heterocycles. The molecule has 0 aliphatic carbocycles. The van der Waals surface area contributed by atoms with Crippen LogP contribution in [0.15, 0.2) is 0 Å². The van der Waals surface area contributed by atoms with Gasteiger partial charge in [0.2, 0.25) is 0 Å². The van der Waals surface area contributed by atoms with Gasteiger partial charge in [-0.25, -0.2) is 0 Å². The highest BCUT2D eigenvalue weighted by Gasteiger charge is 2.25. The fourth-order valence-electron chi connectivity index (χ4n) is 3.39. The smallest absolute Gasteiger partial charge is 0.0935 e. The Balaban J connectivity index is 1.59. The summed E-state index contributed by atoms with van der Waals surface area (Å²) in [6.45, 7) is 14.5. The van der Waals surface area contributed by atoms with Crippen molar-refractivity contribution in [1.29, 1.82) is 0 Å². The van der Waals surface area contributed by atoms with Gasteiger partial charge >= 0.3 is 0 Å². The maximum absolute atomic E-state index is 5.90. The molecule has 2 saturated heterocycles. The van der Waals surface area contributed by atoms with E-state index in [1.54, 1.807) is 7.11 Å². The van der Waals surface area contributed by atoms with Crippen molar-refractivity contribution in [3.8, 4) is 0 Å². The van der Waals surface area contributed by atoms with Crippen molar-refractivity contribution in [2.24, 2.45) is 0 Å². The van der Waals surface area contributed by atoms with Gasteiger partial charge in [-0.2, -0.15) is 0 Å². The summed E-state index contributed by atoms with van der Waals surface area (Å²) in [4.78, 5) is 4.94. The fraction of sp³-hybridized carbons (Fsp3) is 1.00. The zero-order chi connectivity index (χ0) is 17.4. The Hall–Kier alpha value is -0.240. The average Bonchev–Trinajstić information content (AvgIpc) is 2.59.